The van der Waals surface area contributed by atoms with Crippen molar-refractivity contribution in [2.24, 2.45) is 5.11 Å². The maximum absolute atomic E-state index is 8.04. The topological polar surface area (TPSA) is 58.0 Å². The first kappa shape index (κ1) is 8.37. The van der Waals surface area contributed by atoms with Crippen molar-refractivity contribution in [1.29, 1.82) is 0 Å². The van der Waals surface area contributed by atoms with Crippen LogP contribution in [0.25, 0.3) is 10.4 Å². The lowest BCUT2D eigenvalue weighted by atomic mass is 9.77. The predicted octanol–water partition coefficient (Wildman–Crippen LogP) is 2.26. The molecule has 4 heteroatoms. The number of nitrogens with zero attached hydrogens (tertiary/aromatic N) is 3. The summed E-state index contributed by atoms with van der Waals surface area (Å²) in [6, 6.07) is 0. The van der Waals surface area contributed by atoms with Gasteiger partial charge in [-0.15, -0.1) is 0 Å². The molecule has 62 valence electrons. The fourth-order valence-corrected chi connectivity index (χ4v) is 1.43. The molecule has 0 spiro atoms. The first-order valence-electron chi connectivity index (χ1n) is 3.89. The molecule has 0 N–H and O–H groups in total. The Hall–Kier alpha value is -0.730. The number of azide groups is 1. The minimum absolute atomic E-state index is 0.0498. The zero-order valence-electron chi connectivity index (χ0n) is 6.79. The number of rotatable bonds is 4. The van der Waals surface area contributed by atoms with Crippen molar-refractivity contribution in [3.8, 4) is 0 Å². The van der Waals surface area contributed by atoms with Crippen LogP contribution in [0, 0.1) is 0 Å². The van der Waals surface area contributed by atoms with Gasteiger partial charge >= 0.3 is 0 Å². The van der Waals surface area contributed by atoms with E-state index in [1.165, 1.54) is 6.42 Å². The van der Waals surface area contributed by atoms with Crippen LogP contribution in [0.1, 0.15) is 25.7 Å². The molecule has 0 atom stereocenters. The smallest absolute Gasteiger partial charge is 0.0680 e. The maximum Gasteiger partial charge on any atom is 0.0680 e. The van der Waals surface area contributed by atoms with Gasteiger partial charge in [0.15, 0.2) is 0 Å². The summed E-state index contributed by atoms with van der Waals surface area (Å²) in [5.74, 6) is 0. The predicted molar refractivity (Wildman–Crippen MR) is 42.2 cm³/mol. The SMILES string of the molecule is COC1(CCN=[N+]=[N-])CCC1. The van der Waals surface area contributed by atoms with E-state index in [4.69, 9.17) is 10.3 Å². The van der Waals surface area contributed by atoms with Gasteiger partial charge < -0.3 is 4.74 Å². The van der Waals surface area contributed by atoms with Crippen LogP contribution in [0.3, 0.4) is 0 Å². The van der Waals surface area contributed by atoms with Gasteiger partial charge in [-0.25, -0.2) is 0 Å². The van der Waals surface area contributed by atoms with E-state index in [9.17, 15) is 0 Å². The molecular formula is C7H13N3O. The Morgan fingerprint density at radius 2 is 2.36 bits per heavy atom. The van der Waals surface area contributed by atoms with Crippen molar-refractivity contribution in [3.63, 3.8) is 0 Å². The summed E-state index contributed by atoms with van der Waals surface area (Å²) in [4.78, 5) is 2.70. The Balaban J connectivity index is 2.26. The van der Waals surface area contributed by atoms with Crippen molar-refractivity contribution in [2.45, 2.75) is 31.3 Å². The van der Waals surface area contributed by atoms with E-state index in [1.54, 1.807) is 7.11 Å². The molecule has 1 saturated carbocycles. The third kappa shape index (κ3) is 1.85. The number of hydrogen-bond acceptors (Lipinski definition) is 2. The summed E-state index contributed by atoms with van der Waals surface area (Å²) < 4.78 is 5.34. The lowest BCUT2D eigenvalue weighted by Crippen LogP contribution is -2.39. The Kier molecular flexibility index (Phi) is 2.74. The minimum Gasteiger partial charge on any atom is -0.378 e. The van der Waals surface area contributed by atoms with Crippen molar-refractivity contribution < 1.29 is 4.74 Å². The van der Waals surface area contributed by atoms with Gasteiger partial charge in [0.1, 0.15) is 0 Å². The molecule has 0 amide bonds. The largest absolute Gasteiger partial charge is 0.378 e. The molecule has 0 aromatic heterocycles. The Labute approximate surface area is 66.2 Å². The lowest BCUT2D eigenvalue weighted by molar-refractivity contribution is -0.0754. The molecule has 1 rings (SSSR count). The minimum atomic E-state index is 0.0498. The van der Waals surface area contributed by atoms with Crippen LogP contribution in [-0.4, -0.2) is 19.3 Å². The van der Waals surface area contributed by atoms with Crippen LogP contribution in [-0.2, 0) is 4.74 Å². The molecule has 1 aliphatic rings. The molecule has 0 unspecified atom stereocenters. The van der Waals surface area contributed by atoms with E-state index in [-0.39, 0.29) is 5.60 Å². The molecule has 0 bridgehead atoms. The first-order valence-corrected chi connectivity index (χ1v) is 3.89. The second-order valence-corrected chi connectivity index (χ2v) is 2.95. The Morgan fingerprint density at radius 3 is 2.73 bits per heavy atom. The van der Waals surface area contributed by atoms with Crippen LogP contribution < -0.4 is 0 Å². The molecule has 1 fully saturated rings. The summed E-state index contributed by atoms with van der Waals surface area (Å²) >= 11 is 0. The fraction of sp³-hybridized carbons (Fsp3) is 1.00. The van der Waals surface area contributed by atoms with E-state index in [0.717, 1.165) is 19.3 Å². The van der Waals surface area contributed by atoms with Gasteiger partial charge in [0.05, 0.1) is 5.60 Å². The van der Waals surface area contributed by atoms with E-state index in [0.29, 0.717) is 6.54 Å². The average Bonchev–Trinajstić information content (AvgIpc) is 1.95. The Bertz CT molecular complexity index is 165. The lowest BCUT2D eigenvalue weighted by Gasteiger charge is -2.40. The highest BCUT2D eigenvalue weighted by Gasteiger charge is 2.35. The van der Waals surface area contributed by atoms with Crippen LogP contribution in [0.15, 0.2) is 5.11 Å². The summed E-state index contributed by atoms with van der Waals surface area (Å²) in [5, 5.41) is 3.49. The van der Waals surface area contributed by atoms with E-state index >= 15 is 0 Å². The summed E-state index contributed by atoms with van der Waals surface area (Å²) in [7, 11) is 1.73. The van der Waals surface area contributed by atoms with Crippen molar-refractivity contribution in [1.82, 2.24) is 0 Å². The standard InChI is InChI=1S/C7H13N3O/c1-11-7(3-2-4-7)5-6-9-10-8/h2-6H2,1H3. The highest BCUT2D eigenvalue weighted by molar-refractivity contribution is 4.89. The molecule has 0 heterocycles. The summed E-state index contributed by atoms with van der Waals surface area (Å²) in [5.41, 5.74) is 8.09. The molecule has 0 aromatic rings. The average molecular weight is 155 g/mol. The normalized spacial score (nSPS) is 20.1. The first-order chi connectivity index (χ1) is 5.33. The zero-order chi connectivity index (χ0) is 8.16. The molecule has 0 aliphatic heterocycles. The third-order valence-electron chi connectivity index (χ3n) is 2.43. The van der Waals surface area contributed by atoms with Gasteiger partial charge in [-0.1, -0.05) is 5.11 Å². The van der Waals surface area contributed by atoms with Gasteiger partial charge in [-0.2, -0.15) is 0 Å². The molecule has 0 radical (unpaired) electrons. The van der Waals surface area contributed by atoms with E-state index < -0.39 is 0 Å². The van der Waals surface area contributed by atoms with E-state index in [2.05, 4.69) is 10.0 Å². The maximum atomic E-state index is 8.04. The summed E-state index contributed by atoms with van der Waals surface area (Å²) in [6.45, 7) is 0.560. The summed E-state index contributed by atoms with van der Waals surface area (Å²) in [6.07, 6.45) is 4.34. The van der Waals surface area contributed by atoms with Crippen LogP contribution in [0.4, 0.5) is 0 Å². The quantitative estimate of drug-likeness (QED) is 0.349. The van der Waals surface area contributed by atoms with Crippen LogP contribution >= 0.6 is 0 Å². The highest BCUT2D eigenvalue weighted by atomic mass is 16.5. The second kappa shape index (κ2) is 3.60. The molecular weight excluding hydrogens is 142 g/mol. The molecule has 0 saturated heterocycles. The van der Waals surface area contributed by atoms with Gasteiger partial charge in [-0.05, 0) is 31.2 Å². The number of ether oxygens (including phenoxy) is 1. The Morgan fingerprint density at radius 1 is 1.64 bits per heavy atom. The van der Waals surface area contributed by atoms with E-state index in [1.807, 2.05) is 0 Å². The highest BCUT2D eigenvalue weighted by Crippen LogP contribution is 2.37. The monoisotopic (exact) mass is 155 g/mol. The van der Waals surface area contributed by atoms with Gasteiger partial charge in [0.25, 0.3) is 0 Å². The number of hydrogen-bond donors (Lipinski definition) is 0. The zero-order valence-corrected chi connectivity index (χ0v) is 6.79. The van der Waals surface area contributed by atoms with Crippen molar-refractivity contribution >= 4 is 0 Å². The molecule has 4 nitrogen and oxygen atoms in total. The van der Waals surface area contributed by atoms with Gasteiger partial charge in [0, 0.05) is 18.6 Å². The molecule has 11 heavy (non-hydrogen) atoms. The molecule has 1 aliphatic carbocycles. The van der Waals surface area contributed by atoms with Crippen molar-refractivity contribution in [2.75, 3.05) is 13.7 Å². The van der Waals surface area contributed by atoms with Gasteiger partial charge in [0.2, 0.25) is 0 Å². The number of methoxy groups -OCH3 is 1. The van der Waals surface area contributed by atoms with Crippen molar-refractivity contribution in [3.05, 3.63) is 10.4 Å². The fourth-order valence-electron chi connectivity index (χ4n) is 1.43. The molecule has 0 aromatic carbocycles. The van der Waals surface area contributed by atoms with Crippen LogP contribution in [0.2, 0.25) is 0 Å². The third-order valence-corrected chi connectivity index (χ3v) is 2.43. The van der Waals surface area contributed by atoms with Crippen LogP contribution in [0.5, 0.6) is 0 Å². The second-order valence-electron chi connectivity index (χ2n) is 2.95. The van der Waals surface area contributed by atoms with Gasteiger partial charge in [-0.3, -0.25) is 0 Å².